The molecule has 0 atom stereocenters. The number of halogens is 1. The Kier molecular flexibility index (Phi) is 3.29. The van der Waals surface area contributed by atoms with Crippen LogP contribution in [0.5, 0.6) is 0 Å². The van der Waals surface area contributed by atoms with Crippen molar-refractivity contribution in [2.45, 2.75) is 0 Å². The number of nitriles is 1. The minimum Gasteiger partial charge on any atom is -0.363 e. The second-order valence-electron chi connectivity index (χ2n) is 4.10. The first-order valence-electron chi connectivity index (χ1n) is 5.51. The molecule has 0 radical (unpaired) electrons. The Hall–Kier alpha value is -2.68. The number of nitrogens with one attached hydrogen (secondary N) is 1. The molecule has 5 nitrogen and oxygen atoms in total. The molecule has 0 saturated carbocycles. The molecule has 96 valence electrons. The summed E-state index contributed by atoms with van der Waals surface area (Å²) in [5, 5.41) is 8.95. The van der Waals surface area contributed by atoms with Gasteiger partial charge in [0.15, 0.2) is 5.56 Å². The summed E-state index contributed by atoms with van der Waals surface area (Å²) in [6.45, 7) is 0. The highest BCUT2D eigenvalue weighted by Gasteiger charge is 2.15. The minimum absolute atomic E-state index is 0.0925. The van der Waals surface area contributed by atoms with Crippen LogP contribution in [0.2, 0.25) is 0 Å². The van der Waals surface area contributed by atoms with E-state index in [1.54, 1.807) is 37.2 Å². The fourth-order valence-corrected chi connectivity index (χ4v) is 1.68. The second-order valence-corrected chi connectivity index (χ2v) is 4.10. The summed E-state index contributed by atoms with van der Waals surface area (Å²) in [6.07, 6.45) is 0. The minimum atomic E-state index is -0.678. The molecule has 0 saturated heterocycles. The highest BCUT2D eigenvalue weighted by molar-refractivity contribution is 5.61. The molecule has 0 amide bonds. The van der Waals surface area contributed by atoms with Crippen molar-refractivity contribution < 1.29 is 4.39 Å². The molecule has 0 bridgehead atoms. The first kappa shape index (κ1) is 12.8. The van der Waals surface area contributed by atoms with Gasteiger partial charge in [0.05, 0.1) is 5.56 Å². The molecule has 1 heterocycles. The topological polar surface area (TPSA) is 72.8 Å². The van der Waals surface area contributed by atoms with E-state index in [1.807, 2.05) is 0 Å². The Morgan fingerprint density at radius 1 is 1.37 bits per heavy atom. The van der Waals surface area contributed by atoms with E-state index in [1.165, 1.54) is 12.1 Å². The Morgan fingerprint density at radius 3 is 2.63 bits per heavy atom. The fraction of sp³-hybridized carbons (Fsp3) is 0.154. The van der Waals surface area contributed by atoms with Gasteiger partial charge in [0.1, 0.15) is 23.5 Å². The van der Waals surface area contributed by atoms with E-state index in [-0.39, 0.29) is 17.0 Å². The van der Waals surface area contributed by atoms with Gasteiger partial charge in [-0.05, 0) is 12.1 Å². The highest BCUT2D eigenvalue weighted by Crippen LogP contribution is 2.20. The van der Waals surface area contributed by atoms with Gasteiger partial charge in [0.25, 0.3) is 5.56 Å². The molecule has 2 aromatic rings. The molecule has 19 heavy (non-hydrogen) atoms. The lowest BCUT2D eigenvalue weighted by molar-refractivity contribution is 0.630. The Morgan fingerprint density at radius 2 is 2.05 bits per heavy atom. The molecule has 0 aliphatic carbocycles. The van der Waals surface area contributed by atoms with Crippen LogP contribution in [-0.2, 0) is 0 Å². The van der Waals surface area contributed by atoms with Crippen molar-refractivity contribution in [3.63, 3.8) is 0 Å². The Labute approximate surface area is 109 Å². The van der Waals surface area contributed by atoms with Gasteiger partial charge in [-0.2, -0.15) is 10.2 Å². The van der Waals surface area contributed by atoms with Crippen LogP contribution in [-0.4, -0.2) is 24.1 Å². The van der Waals surface area contributed by atoms with Gasteiger partial charge in [-0.1, -0.05) is 12.1 Å². The quantitative estimate of drug-likeness (QED) is 0.886. The van der Waals surface area contributed by atoms with E-state index in [4.69, 9.17) is 5.26 Å². The summed E-state index contributed by atoms with van der Waals surface area (Å²) < 4.78 is 13.7. The van der Waals surface area contributed by atoms with E-state index in [2.05, 4.69) is 9.97 Å². The summed E-state index contributed by atoms with van der Waals surface area (Å²) in [4.78, 5) is 19.9. The number of benzene rings is 1. The van der Waals surface area contributed by atoms with Gasteiger partial charge in [0, 0.05) is 14.1 Å². The zero-order valence-electron chi connectivity index (χ0n) is 10.4. The number of hydrogen-bond acceptors (Lipinski definition) is 4. The molecule has 1 aromatic carbocycles. The van der Waals surface area contributed by atoms with E-state index in [9.17, 15) is 9.18 Å². The monoisotopic (exact) mass is 258 g/mol. The lowest BCUT2D eigenvalue weighted by Gasteiger charge is -2.14. The van der Waals surface area contributed by atoms with E-state index in [0.717, 1.165) is 0 Å². The zero-order valence-corrected chi connectivity index (χ0v) is 10.4. The SMILES string of the molecule is CN(C)c1[nH]c(-c2ccccc2F)nc(=O)c1C#N. The molecule has 1 aromatic heterocycles. The van der Waals surface area contributed by atoms with Gasteiger partial charge in [-0.15, -0.1) is 0 Å². The van der Waals surface area contributed by atoms with Crippen molar-refractivity contribution in [1.82, 2.24) is 9.97 Å². The summed E-state index contributed by atoms with van der Waals surface area (Å²) in [7, 11) is 3.36. The number of hydrogen-bond donors (Lipinski definition) is 1. The number of rotatable bonds is 2. The largest absolute Gasteiger partial charge is 0.363 e. The lowest BCUT2D eigenvalue weighted by atomic mass is 10.2. The summed E-state index contributed by atoms with van der Waals surface area (Å²) in [6, 6.07) is 7.78. The molecule has 0 aliphatic rings. The van der Waals surface area contributed by atoms with Crippen molar-refractivity contribution >= 4 is 5.82 Å². The average molecular weight is 258 g/mol. The third-order valence-electron chi connectivity index (χ3n) is 2.59. The van der Waals surface area contributed by atoms with Crippen LogP contribution in [0.4, 0.5) is 10.2 Å². The molecule has 1 N–H and O–H groups in total. The van der Waals surface area contributed by atoms with Crippen molar-refractivity contribution in [2.75, 3.05) is 19.0 Å². The number of anilines is 1. The molecule has 0 spiro atoms. The number of nitrogens with zero attached hydrogens (tertiary/aromatic N) is 3. The third kappa shape index (κ3) is 2.31. The molecule has 0 fully saturated rings. The van der Waals surface area contributed by atoms with Gasteiger partial charge in [0.2, 0.25) is 0 Å². The van der Waals surface area contributed by atoms with Crippen molar-refractivity contribution in [2.24, 2.45) is 0 Å². The molecular weight excluding hydrogens is 247 g/mol. The van der Waals surface area contributed by atoms with Gasteiger partial charge < -0.3 is 9.88 Å². The Bertz CT molecular complexity index is 715. The van der Waals surface area contributed by atoms with Gasteiger partial charge in [-0.25, -0.2) is 4.39 Å². The predicted molar refractivity (Wildman–Crippen MR) is 69.3 cm³/mol. The molecule has 0 unspecified atom stereocenters. The van der Waals surface area contributed by atoms with Crippen LogP contribution in [0.1, 0.15) is 5.56 Å². The second kappa shape index (κ2) is 4.90. The lowest BCUT2D eigenvalue weighted by Crippen LogP contribution is -2.21. The smallest absolute Gasteiger partial charge is 0.293 e. The van der Waals surface area contributed by atoms with Crippen LogP contribution >= 0.6 is 0 Å². The maximum atomic E-state index is 13.7. The summed E-state index contributed by atoms with van der Waals surface area (Å²) in [5.41, 5.74) is -0.583. The van der Waals surface area contributed by atoms with Crippen LogP contribution in [0.15, 0.2) is 29.1 Å². The van der Waals surface area contributed by atoms with Gasteiger partial charge in [-0.3, -0.25) is 4.79 Å². The zero-order chi connectivity index (χ0) is 14.0. The van der Waals surface area contributed by atoms with Gasteiger partial charge >= 0.3 is 0 Å². The van der Waals surface area contributed by atoms with E-state index >= 15 is 0 Å². The standard InChI is InChI=1S/C13H11FN4O/c1-18(2)12-9(7-15)13(19)17-11(16-12)8-5-3-4-6-10(8)14/h3-6H,1-2H3,(H,16,17,19). The highest BCUT2D eigenvalue weighted by atomic mass is 19.1. The number of aromatic amines is 1. The normalized spacial score (nSPS) is 10.0. The van der Waals surface area contributed by atoms with E-state index in [0.29, 0.717) is 5.82 Å². The average Bonchev–Trinajstić information content (AvgIpc) is 2.38. The molecule has 0 aliphatic heterocycles. The number of H-pyrrole nitrogens is 1. The van der Waals surface area contributed by atoms with Crippen LogP contribution in [0.3, 0.4) is 0 Å². The first-order chi connectivity index (χ1) is 9.04. The molecule has 2 rings (SSSR count). The van der Waals surface area contributed by atoms with Crippen LogP contribution < -0.4 is 10.5 Å². The first-order valence-corrected chi connectivity index (χ1v) is 5.51. The Balaban J connectivity index is 2.72. The summed E-state index contributed by atoms with van der Waals surface area (Å²) >= 11 is 0. The number of aromatic nitrogens is 2. The third-order valence-corrected chi connectivity index (χ3v) is 2.59. The summed E-state index contributed by atoms with van der Waals surface area (Å²) in [5.74, 6) is -0.0772. The van der Waals surface area contributed by atoms with Crippen LogP contribution in [0, 0.1) is 17.1 Å². The maximum absolute atomic E-state index is 13.7. The van der Waals surface area contributed by atoms with Crippen LogP contribution in [0.25, 0.3) is 11.4 Å². The van der Waals surface area contributed by atoms with Crippen molar-refractivity contribution in [3.05, 3.63) is 46.0 Å². The van der Waals surface area contributed by atoms with Crippen molar-refractivity contribution in [1.29, 1.82) is 5.26 Å². The fourth-order valence-electron chi connectivity index (χ4n) is 1.68. The van der Waals surface area contributed by atoms with Crippen molar-refractivity contribution in [3.8, 4) is 17.5 Å². The molecule has 6 heteroatoms. The maximum Gasteiger partial charge on any atom is 0.293 e. The molecular formula is C13H11FN4O. The van der Waals surface area contributed by atoms with E-state index < -0.39 is 11.4 Å². The predicted octanol–water partition coefficient (Wildman–Crippen LogP) is 1.51.